The van der Waals surface area contributed by atoms with Crippen molar-refractivity contribution in [1.29, 1.82) is 5.26 Å². The van der Waals surface area contributed by atoms with Gasteiger partial charge in [-0.15, -0.1) is 0 Å². The van der Waals surface area contributed by atoms with Crippen LogP contribution >= 0.6 is 0 Å². The van der Waals surface area contributed by atoms with Crippen LogP contribution in [0.5, 0.6) is 11.5 Å². The molecule has 2 N–H and O–H groups in total. The molecular formula is C16H12N2O2. The van der Waals surface area contributed by atoms with E-state index in [2.05, 4.69) is 10.9 Å². The summed E-state index contributed by atoms with van der Waals surface area (Å²) in [6.07, 6.45) is 0.220. The smallest absolute Gasteiger partial charge is 0.344 e. The third kappa shape index (κ3) is 2.55. The Morgan fingerprint density at radius 1 is 1.00 bits per heavy atom. The van der Waals surface area contributed by atoms with Gasteiger partial charge in [0.2, 0.25) is 0 Å². The lowest BCUT2D eigenvalue weighted by molar-refractivity contribution is 0.473. The highest BCUT2D eigenvalue weighted by Gasteiger charge is 2.39. The number of aromatic hydroxyl groups is 2. The van der Waals surface area contributed by atoms with E-state index in [9.17, 15) is 15.5 Å². The van der Waals surface area contributed by atoms with Crippen molar-refractivity contribution < 1.29 is 10.2 Å². The van der Waals surface area contributed by atoms with Crippen molar-refractivity contribution >= 4 is 0 Å². The molecule has 0 aliphatic rings. The molecule has 0 saturated heterocycles. The lowest BCUT2D eigenvalue weighted by Crippen LogP contribution is -2.22. The summed E-state index contributed by atoms with van der Waals surface area (Å²) in [5.74, 6) is 0.235. The van der Waals surface area contributed by atoms with Gasteiger partial charge in [-0.1, -0.05) is 12.1 Å². The molecule has 0 radical (unpaired) electrons. The number of phenols is 2. The average molecular weight is 264 g/mol. The maximum absolute atomic E-state index is 9.44. The van der Waals surface area contributed by atoms with E-state index in [4.69, 9.17) is 6.57 Å². The maximum Gasteiger partial charge on any atom is 0.344 e. The molecule has 0 heterocycles. The summed E-state index contributed by atoms with van der Waals surface area (Å²) in [5.41, 5.74) is -0.000642. The third-order valence-corrected chi connectivity index (χ3v) is 3.12. The summed E-state index contributed by atoms with van der Waals surface area (Å²) in [6, 6.07) is 14.6. The molecule has 1 unspecified atom stereocenters. The van der Waals surface area contributed by atoms with Crippen LogP contribution in [0.3, 0.4) is 0 Å². The second kappa shape index (κ2) is 5.34. The molecule has 98 valence electrons. The molecule has 0 fully saturated rings. The van der Waals surface area contributed by atoms with Crippen LogP contribution in [0.4, 0.5) is 0 Å². The van der Waals surface area contributed by atoms with E-state index in [1.54, 1.807) is 24.3 Å². The highest BCUT2D eigenvalue weighted by Crippen LogP contribution is 2.31. The molecule has 0 aromatic heterocycles. The molecule has 1 atom stereocenters. The fourth-order valence-electron chi connectivity index (χ4n) is 1.98. The van der Waals surface area contributed by atoms with Crippen LogP contribution in [0.15, 0.2) is 48.5 Å². The summed E-state index contributed by atoms with van der Waals surface area (Å²) in [4.78, 5) is 3.50. The molecule has 0 spiro atoms. The van der Waals surface area contributed by atoms with Gasteiger partial charge in [-0.05, 0) is 42.0 Å². The molecule has 2 aromatic rings. The first-order valence-electron chi connectivity index (χ1n) is 5.97. The largest absolute Gasteiger partial charge is 0.508 e. The van der Waals surface area contributed by atoms with Crippen LogP contribution in [0.1, 0.15) is 11.1 Å². The van der Waals surface area contributed by atoms with E-state index in [0.717, 1.165) is 5.56 Å². The lowest BCUT2D eigenvalue weighted by Gasteiger charge is -2.15. The molecule has 0 saturated carbocycles. The highest BCUT2D eigenvalue weighted by atomic mass is 16.3. The van der Waals surface area contributed by atoms with Crippen LogP contribution in [0.2, 0.25) is 0 Å². The van der Waals surface area contributed by atoms with Crippen molar-refractivity contribution in [2.75, 3.05) is 0 Å². The summed E-state index contributed by atoms with van der Waals surface area (Å²) < 4.78 is 0. The van der Waals surface area contributed by atoms with Crippen molar-refractivity contribution in [3.63, 3.8) is 0 Å². The average Bonchev–Trinajstić information content (AvgIpc) is 2.48. The van der Waals surface area contributed by atoms with E-state index in [-0.39, 0.29) is 17.9 Å². The molecule has 0 bridgehead atoms. The van der Waals surface area contributed by atoms with E-state index in [0.29, 0.717) is 5.56 Å². The number of benzene rings is 2. The Hall–Kier alpha value is -2.98. The summed E-state index contributed by atoms with van der Waals surface area (Å²) in [7, 11) is 0. The zero-order valence-corrected chi connectivity index (χ0v) is 10.6. The van der Waals surface area contributed by atoms with Crippen LogP contribution in [0, 0.1) is 17.9 Å². The Kier molecular flexibility index (Phi) is 3.59. The van der Waals surface area contributed by atoms with Gasteiger partial charge < -0.3 is 10.2 Å². The predicted octanol–water partition coefficient (Wildman–Crippen LogP) is 2.98. The van der Waals surface area contributed by atoms with Crippen LogP contribution < -0.4 is 0 Å². The van der Waals surface area contributed by atoms with Gasteiger partial charge >= 0.3 is 5.54 Å². The topological polar surface area (TPSA) is 68.6 Å². The highest BCUT2D eigenvalue weighted by molar-refractivity contribution is 5.41. The molecule has 0 aliphatic heterocycles. The van der Waals surface area contributed by atoms with Crippen molar-refractivity contribution in [2.45, 2.75) is 12.0 Å². The summed E-state index contributed by atoms with van der Waals surface area (Å²) in [5, 5.41) is 28.0. The zero-order chi connectivity index (χ0) is 14.6. The molecule has 0 aliphatic carbocycles. The molecule has 0 amide bonds. The number of phenolic OH excluding ortho intramolecular Hbond substituents is 2. The van der Waals surface area contributed by atoms with Crippen molar-refractivity contribution in [2.24, 2.45) is 0 Å². The minimum atomic E-state index is -1.33. The standard InChI is InChI=1S/C16H12N2O2/c1-18-16(11-17,13-4-8-15(20)9-5-13)10-12-2-6-14(19)7-3-12/h2-9,19-20H,10H2. The molecule has 4 nitrogen and oxygen atoms in total. The van der Waals surface area contributed by atoms with Crippen LogP contribution in [0.25, 0.3) is 4.85 Å². The van der Waals surface area contributed by atoms with Crippen LogP contribution in [-0.2, 0) is 12.0 Å². The maximum atomic E-state index is 9.44. The first-order valence-corrected chi connectivity index (χ1v) is 5.97. The quantitative estimate of drug-likeness (QED) is 0.837. The van der Waals surface area contributed by atoms with Gasteiger partial charge in [-0.3, -0.25) is 4.85 Å². The van der Waals surface area contributed by atoms with E-state index < -0.39 is 5.54 Å². The first kappa shape index (κ1) is 13.5. The molecule has 4 heteroatoms. The third-order valence-electron chi connectivity index (χ3n) is 3.12. The van der Waals surface area contributed by atoms with Gasteiger partial charge in [0, 0.05) is 0 Å². The zero-order valence-electron chi connectivity index (χ0n) is 10.6. The Morgan fingerprint density at radius 3 is 1.95 bits per heavy atom. The molecule has 2 aromatic carbocycles. The number of rotatable bonds is 3. The minimum Gasteiger partial charge on any atom is -0.508 e. The number of hydrogen-bond donors (Lipinski definition) is 2. The summed E-state index contributed by atoms with van der Waals surface area (Å²) >= 11 is 0. The van der Waals surface area contributed by atoms with Gasteiger partial charge in [0.25, 0.3) is 0 Å². The predicted molar refractivity (Wildman–Crippen MR) is 73.8 cm³/mol. The van der Waals surface area contributed by atoms with Gasteiger partial charge in [0.05, 0.1) is 12.0 Å². The van der Waals surface area contributed by atoms with Gasteiger partial charge in [-0.2, -0.15) is 5.26 Å². The number of hydrogen-bond acceptors (Lipinski definition) is 3. The normalized spacial score (nSPS) is 12.9. The Balaban J connectivity index is 2.40. The Bertz CT molecular complexity index is 662. The van der Waals surface area contributed by atoms with E-state index >= 15 is 0 Å². The first-order chi connectivity index (χ1) is 9.59. The molecular weight excluding hydrogens is 252 g/mol. The lowest BCUT2D eigenvalue weighted by atomic mass is 9.86. The van der Waals surface area contributed by atoms with Crippen LogP contribution in [-0.4, -0.2) is 10.2 Å². The van der Waals surface area contributed by atoms with Crippen molar-refractivity contribution in [3.8, 4) is 17.6 Å². The molecule has 20 heavy (non-hydrogen) atoms. The van der Waals surface area contributed by atoms with Gasteiger partial charge in [0.1, 0.15) is 11.5 Å². The Labute approximate surface area is 117 Å². The molecule has 2 rings (SSSR count). The Morgan fingerprint density at radius 2 is 1.50 bits per heavy atom. The monoisotopic (exact) mass is 264 g/mol. The fourth-order valence-corrected chi connectivity index (χ4v) is 1.98. The second-order valence-electron chi connectivity index (χ2n) is 4.47. The summed E-state index contributed by atoms with van der Waals surface area (Å²) in [6.45, 7) is 7.38. The minimum absolute atomic E-state index is 0.0928. The number of nitrogens with zero attached hydrogens (tertiary/aromatic N) is 2. The number of nitriles is 1. The van der Waals surface area contributed by atoms with Gasteiger partial charge in [-0.25, -0.2) is 6.57 Å². The van der Waals surface area contributed by atoms with E-state index in [1.807, 2.05) is 0 Å². The fraction of sp³-hybridized carbons (Fsp3) is 0.125. The second-order valence-corrected chi connectivity index (χ2v) is 4.47. The van der Waals surface area contributed by atoms with Crippen molar-refractivity contribution in [1.82, 2.24) is 0 Å². The van der Waals surface area contributed by atoms with E-state index in [1.165, 1.54) is 24.3 Å². The van der Waals surface area contributed by atoms with Crippen molar-refractivity contribution in [3.05, 3.63) is 71.1 Å². The SMILES string of the molecule is [C-]#[N+]C(C#N)(Cc1ccc(O)cc1)c1ccc(O)cc1. The van der Waals surface area contributed by atoms with Gasteiger partial charge in [0.15, 0.2) is 6.07 Å².